The maximum Gasteiger partial charge on any atom is 0.245 e. The quantitative estimate of drug-likeness (QED) is 0.836. The maximum absolute atomic E-state index is 12.2. The molecule has 0 amide bonds. The molecular weight excluding hydrogens is 326 g/mol. The molecule has 96 valence electrons. The SMILES string of the molecule is C=C(C)CN(C)S(=O)(=O)c1cc(CO)sc1Br. The van der Waals surface area contributed by atoms with E-state index in [0.29, 0.717) is 8.66 Å². The molecular formula is C10H14BrNO3S2. The number of hydrogen-bond acceptors (Lipinski definition) is 4. The topological polar surface area (TPSA) is 57.6 Å². The molecule has 0 aliphatic carbocycles. The standard InChI is InChI=1S/C10H14BrNO3S2/c1-7(2)5-12(3)17(14,15)9-4-8(6-13)16-10(9)11/h4,13H,1,5-6H2,2-3H3. The summed E-state index contributed by atoms with van der Waals surface area (Å²) >= 11 is 4.42. The summed E-state index contributed by atoms with van der Waals surface area (Å²) in [5, 5.41) is 8.99. The minimum Gasteiger partial charge on any atom is -0.391 e. The molecule has 1 heterocycles. The molecule has 0 aliphatic heterocycles. The first-order chi connectivity index (χ1) is 7.78. The number of halogens is 1. The summed E-state index contributed by atoms with van der Waals surface area (Å²) in [6, 6.07) is 1.49. The summed E-state index contributed by atoms with van der Waals surface area (Å²) in [5.74, 6) is 0. The van der Waals surface area contributed by atoms with E-state index in [4.69, 9.17) is 5.11 Å². The van der Waals surface area contributed by atoms with Gasteiger partial charge in [-0.05, 0) is 28.9 Å². The van der Waals surface area contributed by atoms with Crippen LogP contribution in [0.25, 0.3) is 0 Å². The highest BCUT2D eigenvalue weighted by Gasteiger charge is 2.25. The second-order valence-electron chi connectivity index (χ2n) is 3.73. The Balaban J connectivity index is 3.12. The minimum atomic E-state index is -3.53. The van der Waals surface area contributed by atoms with Gasteiger partial charge in [-0.2, -0.15) is 4.31 Å². The summed E-state index contributed by atoms with van der Waals surface area (Å²) in [6.07, 6.45) is 0. The van der Waals surface area contributed by atoms with Crippen molar-refractivity contribution in [2.45, 2.75) is 18.4 Å². The van der Waals surface area contributed by atoms with E-state index in [9.17, 15) is 8.42 Å². The van der Waals surface area contributed by atoms with Crippen LogP contribution < -0.4 is 0 Å². The summed E-state index contributed by atoms with van der Waals surface area (Å²) in [4.78, 5) is 0.800. The number of likely N-dealkylation sites (N-methyl/N-ethyl adjacent to an activating group) is 1. The molecule has 0 bridgehead atoms. The summed E-state index contributed by atoms with van der Waals surface area (Å²) in [5.41, 5.74) is 0.768. The van der Waals surface area contributed by atoms with Crippen molar-refractivity contribution in [3.63, 3.8) is 0 Å². The van der Waals surface area contributed by atoms with Crippen LogP contribution in [0.1, 0.15) is 11.8 Å². The molecule has 17 heavy (non-hydrogen) atoms. The Morgan fingerprint density at radius 1 is 1.65 bits per heavy atom. The molecule has 0 saturated heterocycles. The summed E-state index contributed by atoms with van der Waals surface area (Å²) < 4.78 is 26.1. The minimum absolute atomic E-state index is 0.164. The van der Waals surface area contributed by atoms with Crippen LogP contribution >= 0.6 is 27.3 Å². The number of nitrogens with zero attached hydrogens (tertiary/aromatic N) is 1. The van der Waals surface area contributed by atoms with Gasteiger partial charge in [0.15, 0.2) is 0 Å². The molecule has 0 fully saturated rings. The van der Waals surface area contributed by atoms with E-state index in [0.717, 1.165) is 5.57 Å². The van der Waals surface area contributed by atoms with Crippen LogP contribution in [0.5, 0.6) is 0 Å². The molecule has 0 atom stereocenters. The average molecular weight is 340 g/mol. The zero-order valence-electron chi connectivity index (χ0n) is 9.60. The highest BCUT2D eigenvalue weighted by Crippen LogP contribution is 2.33. The molecule has 0 aromatic carbocycles. The van der Waals surface area contributed by atoms with E-state index in [-0.39, 0.29) is 18.0 Å². The van der Waals surface area contributed by atoms with Gasteiger partial charge in [0.05, 0.1) is 10.4 Å². The van der Waals surface area contributed by atoms with Crippen molar-refractivity contribution in [2.24, 2.45) is 0 Å². The fraction of sp³-hybridized carbons (Fsp3) is 0.400. The average Bonchev–Trinajstić information content (AvgIpc) is 2.59. The van der Waals surface area contributed by atoms with Gasteiger partial charge in [0, 0.05) is 18.5 Å². The van der Waals surface area contributed by atoms with Crippen LogP contribution in [0.3, 0.4) is 0 Å². The van der Waals surface area contributed by atoms with Crippen molar-refractivity contribution in [1.29, 1.82) is 0 Å². The first kappa shape index (κ1) is 14.8. The lowest BCUT2D eigenvalue weighted by molar-refractivity contribution is 0.285. The molecule has 1 rings (SSSR count). The Labute approximate surface area is 114 Å². The van der Waals surface area contributed by atoms with Gasteiger partial charge in [0.25, 0.3) is 0 Å². The van der Waals surface area contributed by atoms with Crippen LogP contribution in [0.2, 0.25) is 0 Å². The molecule has 1 N–H and O–H groups in total. The number of hydrogen-bond donors (Lipinski definition) is 1. The lowest BCUT2D eigenvalue weighted by Gasteiger charge is -2.16. The van der Waals surface area contributed by atoms with Gasteiger partial charge in [-0.3, -0.25) is 0 Å². The van der Waals surface area contributed by atoms with Crippen LogP contribution in [-0.4, -0.2) is 31.4 Å². The highest BCUT2D eigenvalue weighted by molar-refractivity contribution is 9.11. The molecule has 0 aliphatic rings. The monoisotopic (exact) mass is 339 g/mol. The molecule has 7 heteroatoms. The number of aliphatic hydroxyl groups is 1. The molecule has 0 spiro atoms. The first-order valence-corrected chi connectivity index (χ1v) is 7.83. The fourth-order valence-corrected chi connectivity index (χ4v) is 5.00. The number of sulfonamides is 1. The van der Waals surface area contributed by atoms with E-state index in [1.54, 1.807) is 6.92 Å². The van der Waals surface area contributed by atoms with Crippen LogP contribution in [0.4, 0.5) is 0 Å². The smallest absolute Gasteiger partial charge is 0.245 e. The van der Waals surface area contributed by atoms with Crippen molar-refractivity contribution in [2.75, 3.05) is 13.6 Å². The van der Waals surface area contributed by atoms with Gasteiger partial charge in [0.2, 0.25) is 10.0 Å². The van der Waals surface area contributed by atoms with Crippen LogP contribution in [0, 0.1) is 0 Å². The van der Waals surface area contributed by atoms with Crippen molar-refractivity contribution in [3.8, 4) is 0 Å². The van der Waals surface area contributed by atoms with Crippen molar-refractivity contribution in [3.05, 3.63) is 26.9 Å². The zero-order valence-corrected chi connectivity index (χ0v) is 12.8. The lowest BCUT2D eigenvalue weighted by atomic mass is 10.4. The highest BCUT2D eigenvalue weighted by atomic mass is 79.9. The second-order valence-corrected chi connectivity index (χ2v) is 8.19. The van der Waals surface area contributed by atoms with Crippen molar-refractivity contribution < 1.29 is 13.5 Å². The Morgan fingerprint density at radius 2 is 2.24 bits per heavy atom. The Kier molecular flexibility index (Phi) is 4.91. The maximum atomic E-state index is 12.2. The molecule has 1 aromatic heterocycles. The third-order valence-electron chi connectivity index (χ3n) is 2.04. The van der Waals surface area contributed by atoms with Crippen molar-refractivity contribution >= 4 is 37.3 Å². The lowest BCUT2D eigenvalue weighted by Crippen LogP contribution is -2.28. The predicted molar refractivity (Wildman–Crippen MR) is 72.6 cm³/mol. The Hall–Kier alpha value is -0.210. The van der Waals surface area contributed by atoms with E-state index in [1.807, 2.05) is 0 Å². The van der Waals surface area contributed by atoms with Gasteiger partial charge in [-0.15, -0.1) is 11.3 Å². The number of rotatable bonds is 5. The fourth-order valence-electron chi connectivity index (χ4n) is 1.28. The van der Waals surface area contributed by atoms with Gasteiger partial charge in [0.1, 0.15) is 4.90 Å². The normalized spacial score (nSPS) is 12.1. The summed E-state index contributed by atoms with van der Waals surface area (Å²) in [7, 11) is -2.02. The Bertz CT molecular complexity index is 522. The molecule has 0 unspecified atom stereocenters. The van der Waals surface area contributed by atoms with Gasteiger partial charge in [-0.25, -0.2) is 8.42 Å². The largest absolute Gasteiger partial charge is 0.391 e. The zero-order chi connectivity index (χ0) is 13.2. The van der Waals surface area contributed by atoms with Crippen LogP contribution in [-0.2, 0) is 16.6 Å². The van der Waals surface area contributed by atoms with Gasteiger partial charge in [-0.1, -0.05) is 12.2 Å². The molecule has 0 radical (unpaired) electrons. The molecule has 1 aromatic rings. The third kappa shape index (κ3) is 3.38. The first-order valence-electron chi connectivity index (χ1n) is 4.78. The molecule has 4 nitrogen and oxygen atoms in total. The number of thiophene rings is 1. The predicted octanol–water partition coefficient (Wildman–Crippen LogP) is 2.20. The Morgan fingerprint density at radius 3 is 2.65 bits per heavy atom. The molecule has 0 saturated carbocycles. The second kappa shape index (κ2) is 5.62. The van der Waals surface area contributed by atoms with Gasteiger partial charge < -0.3 is 5.11 Å². The van der Waals surface area contributed by atoms with Gasteiger partial charge >= 0.3 is 0 Å². The number of aliphatic hydroxyl groups excluding tert-OH is 1. The van der Waals surface area contributed by atoms with Crippen LogP contribution in [0.15, 0.2) is 26.9 Å². The van der Waals surface area contributed by atoms with E-state index in [2.05, 4.69) is 22.5 Å². The van der Waals surface area contributed by atoms with E-state index < -0.39 is 10.0 Å². The van der Waals surface area contributed by atoms with E-state index in [1.165, 1.54) is 28.8 Å². The third-order valence-corrected chi connectivity index (χ3v) is 6.08. The van der Waals surface area contributed by atoms with E-state index >= 15 is 0 Å². The van der Waals surface area contributed by atoms with Crippen molar-refractivity contribution in [1.82, 2.24) is 4.31 Å². The summed E-state index contributed by atoms with van der Waals surface area (Å²) in [6.45, 7) is 5.58.